The molecule has 1 aliphatic heterocycles. The molecule has 3 aromatic rings. The largest absolute Gasteiger partial charge is 0.505 e. The Morgan fingerprint density at radius 1 is 1.08 bits per heavy atom. The van der Waals surface area contributed by atoms with E-state index in [9.17, 15) is 5.11 Å². The quantitative estimate of drug-likeness (QED) is 0.560. The maximum absolute atomic E-state index is 10.2. The van der Waals surface area contributed by atoms with Crippen LogP contribution in [-0.2, 0) is 13.1 Å². The van der Waals surface area contributed by atoms with Gasteiger partial charge in [-0.3, -0.25) is 14.8 Å². The Balaban J connectivity index is 1.43. The first-order valence-corrected chi connectivity index (χ1v) is 11.0. The molecule has 3 heterocycles. The van der Waals surface area contributed by atoms with Crippen molar-refractivity contribution in [1.82, 2.24) is 14.8 Å². The molecule has 0 saturated carbocycles. The van der Waals surface area contributed by atoms with Gasteiger partial charge >= 0.3 is 0 Å². The van der Waals surface area contributed by atoms with Crippen molar-refractivity contribution < 1.29 is 5.11 Å². The van der Waals surface area contributed by atoms with Crippen LogP contribution >= 0.6 is 43.2 Å². The van der Waals surface area contributed by atoms with Crippen molar-refractivity contribution in [1.29, 1.82) is 0 Å². The van der Waals surface area contributed by atoms with E-state index in [-0.39, 0.29) is 5.75 Å². The molecular weight excluding hydrogens is 478 g/mol. The van der Waals surface area contributed by atoms with E-state index in [2.05, 4.69) is 58.1 Å². The third-order valence-electron chi connectivity index (χ3n) is 4.77. The third-order valence-corrected chi connectivity index (χ3v) is 7.05. The topological polar surface area (TPSA) is 39.6 Å². The lowest BCUT2D eigenvalue weighted by Gasteiger charge is -2.34. The number of hydrogen-bond acceptors (Lipinski definition) is 5. The number of aromatic nitrogens is 1. The van der Waals surface area contributed by atoms with Gasteiger partial charge < -0.3 is 5.11 Å². The lowest BCUT2D eigenvalue weighted by molar-refractivity contribution is 0.123. The second kappa shape index (κ2) is 7.94. The van der Waals surface area contributed by atoms with Gasteiger partial charge in [-0.15, -0.1) is 11.3 Å². The molecule has 0 radical (unpaired) electrons. The molecule has 136 valence electrons. The monoisotopic (exact) mass is 495 g/mol. The van der Waals surface area contributed by atoms with Gasteiger partial charge in [0.2, 0.25) is 0 Å². The van der Waals surface area contributed by atoms with Gasteiger partial charge in [-0.05, 0) is 55.6 Å². The zero-order valence-electron chi connectivity index (χ0n) is 14.2. The minimum atomic E-state index is 0.219. The number of rotatable bonds is 4. The fourth-order valence-electron chi connectivity index (χ4n) is 3.40. The van der Waals surface area contributed by atoms with E-state index >= 15 is 0 Å². The number of nitrogens with zero attached hydrogens (tertiary/aromatic N) is 3. The zero-order valence-corrected chi connectivity index (χ0v) is 18.1. The number of halogens is 2. The number of aromatic hydroxyl groups is 1. The number of phenols is 1. The van der Waals surface area contributed by atoms with Crippen LogP contribution in [0.15, 0.2) is 44.8 Å². The number of thiophene rings is 1. The van der Waals surface area contributed by atoms with Crippen LogP contribution in [0.2, 0.25) is 0 Å². The van der Waals surface area contributed by atoms with Gasteiger partial charge in [-0.1, -0.05) is 6.07 Å². The van der Waals surface area contributed by atoms with Crippen molar-refractivity contribution in [3.63, 3.8) is 0 Å². The molecule has 4 rings (SSSR count). The number of pyridine rings is 1. The minimum Gasteiger partial charge on any atom is -0.505 e. The van der Waals surface area contributed by atoms with Gasteiger partial charge in [0.1, 0.15) is 5.52 Å². The summed E-state index contributed by atoms with van der Waals surface area (Å²) in [6, 6.07) is 8.20. The molecule has 1 saturated heterocycles. The number of piperazine rings is 1. The molecule has 0 unspecified atom stereocenters. The molecule has 1 N–H and O–H groups in total. The Morgan fingerprint density at radius 3 is 2.50 bits per heavy atom. The van der Waals surface area contributed by atoms with Gasteiger partial charge in [-0.2, -0.15) is 0 Å². The maximum Gasteiger partial charge on any atom is 0.156 e. The van der Waals surface area contributed by atoms with Crippen molar-refractivity contribution in [3.8, 4) is 5.75 Å². The summed E-state index contributed by atoms with van der Waals surface area (Å²) >= 11 is 8.81. The van der Waals surface area contributed by atoms with Crippen LogP contribution in [0.1, 0.15) is 10.4 Å². The minimum absolute atomic E-state index is 0.219. The Bertz CT molecular complexity index is 922. The molecule has 0 bridgehead atoms. The van der Waals surface area contributed by atoms with E-state index in [1.807, 2.05) is 29.5 Å². The predicted octanol–water partition coefficient (Wildman–Crippen LogP) is 4.84. The molecule has 0 atom stereocenters. The van der Waals surface area contributed by atoms with Crippen molar-refractivity contribution in [2.75, 3.05) is 26.2 Å². The van der Waals surface area contributed by atoms with Gasteiger partial charge in [0.15, 0.2) is 5.75 Å². The predicted molar refractivity (Wildman–Crippen MR) is 114 cm³/mol. The number of phenolic OH excluding ortho intramolecular Hbond substituents is 1. The summed E-state index contributed by atoms with van der Waals surface area (Å²) in [5, 5.41) is 13.4. The SMILES string of the molecule is Oc1c(Br)cc(CN2CCN(Cc3cc(Br)cs3)CC2)c2cccnc12. The molecule has 0 spiro atoms. The molecular formula is C19H19Br2N3OS. The van der Waals surface area contributed by atoms with Crippen LogP contribution in [0.4, 0.5) is 0 Å². The fourth-order valence-corrected chi connectivity index (χ4v) is 5.36. The summed E-state index contributed by atoms with van der Waals surface area (Å²) in [7, 11) is 0. The Labute approximate surface area is 173 Å². The van der Waals surface area contributed by atoms with Gasteiger partial charge in [0.05, 0.1) is 4.47 Å². The van der Waals surface area contributed by atoms with E-state index in [4.69, 9.17) is 0 Å². The normalized spacial score (nSPS) is 16.4. The highest BCUT2D eigenvalue weighted by Crippen LogP contribution is 2.34. The van der Waals surface area contributed by atoms with Crippen LogP contribution in [0.3, 0.4) is 0 Å². The van der Waals surface area contributed by atoms with Gasteiger partial charge in [0.25, 0.3) is 0 Å². The number of benzene rings is 1. The molecule has 0 amide bonds. The van der Waals surface area contributed by atoms with Crippen LogP contribution in [0.5, 0.6) is 5.75 Å². The van der Waals surface area contributed by atoms with Gasteiger partial charge in [0, 0.05) is 65.6 Å². The van der Waals surface area contributed by atoms with Crippen LogP contribution in [0.25, 0.3) is 10.9 Å². The van der Waals surface area contributed by atoms with E-state index in [1.54, 1.807) is 6.20 Å². The number of fused-ring (bicyclic) bond motifs is 1. The average Bonchev–Trinajstić information content (AvgIpc) is 3.06. The highest BCUT2D eigenvalue weighted by atomic mass is 79.9. The summed E-state index contributed by atoms with van der Waals surface area (Å²) in [6.45, 7) is 6.15. The fraction of sp³-hybridized carbons (Fsp3) is 0.316. The molecule has 1 aliphatic rings. The summed E-state index contributed by atoms with van der Waals surface area (Å²) in [4.78, 5) is 10.7. The van der Waals surface area contributed by atoms with Crippen molar-refractivity contribution in [2.45, 2.75) is 13.1 Å². The van der Waals surface area contributed by atoms with Crippen molar-refractivity contribution >= 4 is 54.1 Å². The molecule has 7 heteroatoms. The van der Waals surface area contributed by atoms with E-state index in [1.165, 1.54) is 14.9 Å². The third kappa shape index (κ3) is 3.97. The van der Waals surface area contributed by atoms with Gasteiger partial charge in [-0.25, -0.2) is 0 Å². The van der Waals surface area contributed by atoms with E-state index < -0.39 is 0 Å². The Hall–Kier alpha value is -0.990. The van der Waals surface area contributed by atoms with Crippen LogP contribution < -0.4 is 0 Å². The first kappa shape index (κ1) is 18.4. The molecule has 2 aromatic heterocycles. The van der Waals surface area contributed by atoms with Crippen LogP contribution in [-0.4, -0.2) is 46.1 Å². The standard InChI is InChI=1S/C19H19Br2N3OS/c20-14-9-15(26-12-14)11-24-6-4-23(5-7-24)10-13-8-17(21)19(25)18-16(13)2-1-3-22-18/h1-3,8-9,12,25H,4-7,10-11H2. The molecule has 26 heavy (non-hydrogen) atoms. The van der Waals surface area contributed by atoms with Crippen LogP contribution in [0, 0.1) is 0 Å². The molecule has 1 aromatic carbocycles. The van der Waals surface area contributed by atoms with Crippen molar-refractivity contribution in [3.05, 3.63) is 55.2 Å². The summed E-state index contributed by atoms with van der Waals surface area (Å²) in [6.07, 6.45) is 1.72. The molecule has 1 fully saturated rings. The zero-order chi connectivity index (χ0) is 18.1. The summed E-state index contributed by atoms with van der Waals surface area (Å²) < 4.78 is 1.88. The highest BCUT2D eigenvalue weighted by molar-refractivity contribution is 9.10. The maximum atomic E-state index is 10.2. The van der Waals surface area contributed by atoms with E-state index in [0.717, 1.165) is 44.7 Å². The molecule has 0 aliphatic carbocycles. The highest BCUT2D eigenvalue weighted by Gasteiger charge is 2.19. The smallest absolute Gasteiger partial charge is 0.156 e. The Kier molecular flexibility index (Phi) is 5.61. The second-order valence-electron chi connectivity index (χ2n) is 6.55. The number of hydrogen-bond donors (Lipinski definition) is 1. The second-order valence-corrected chi connectivity index (χ2v) is 9.32. The summed E-state index contributed by atoms with van der Waals surface area (Å²) in [5.41, 5.74) is 1.87. The Morgan fingerprint density at radius 2 is 1.81 bits per heavy atom. The lowest BCUT2D eigenvalue weighted by atomic mass is 10.1. The first-order chi connectivity index (χ1) is 12.6. The summed E-state index contributed by atoms with van der Waals surface area (Å²) in [5.74, 6) is 0.219. The first-order valence-electron chi connectivity index (χ1n) is 8.53. The average molecular weight is 497 g/mol. The lowest BCUT2D eigenvalue weighted by Crippen LogP contribution is -2.45. The van der Waals surface area contributed by atoms with Crippen molar-refractivity contribution in [2.24, 2.45) is 0 Å². The van der Waals surface area contributed by atoms with E-state index in [0.29, 0.717) is 9.99 Å². The molecule has 4 nitrogen and oxygen atoms in total.